The SMILES string of the molecule is Cn1nnc(NC(=O)N[C@H](CCCC(=O)O)C(=O)O)n1. The lowest BCUT2D eigenvalue weighted by atomic mass is 10.1. The molecule has 0 bridgehead atoms. The van der Waals surface area contributed by atoms with Crippen molar-refractivity contribution in [3.8, 4) is 0 Å². The van der Waals surface area contributed by atoms with Crippen molar-refractivity contribution in [3.05, 3.63) is 0 Å². The van der Waals surface area contributed by atoms with Crippen molar-refractivity contribution in [1.82, 2.24) is 25.5 Å². The van der Waals surface area contributed by atoms with Gasteiger partial charge in [-0.3, -0.25) is 10.1 Å². The van der Waals surface area contributed by atoms with Crippen LogP contribution < -0.4 is 10.6 Å². The third-order valence-corrected chi connectivity index (χ3v) is 2.22. The molecule has 0 unspecified atom stereocenters. The van der Waals surface area contributed by atoms with Crippen molar-refractivity contribution in [3.63, 3.8) is 0 Å². The maximum atomic E-state index is 11.5. The van der Waals surface area contributed by atoms with Gasteiger partial charge in [0.05, 0.1) is 7.05 Å². The van der Waals surface area contributed by atoms with E-state index >= 15 is 0 Å². The average molecular weight is 286 g/mol. The molecule has 1 rings (SSSR count). The Bertz CT molecular complexity index is 501. The van der Waals surface area contributed by atoms with Gasteiger partial charge in [-0.1, -0.05) is 5.10 Å². The Morgan fingerprint density at radius 1 is 1.35 bits per heavy atom. The van der Waals surface area contributed by atoms with Gasteiger partial charge in [0.15, 0.2) is 0 Å². The number of hydrogen-bond donors (Lipinski definition) is 4. The number of aryl methyl sites for hydroxylation is 1. The molecular formula is C9H14N6O5. The van der Waals surface area contributed by atoms with Crippen molar-refractivity contribution >= 4 is 23.9 Å². The van der Waals surface area contributed by atoms with Gasteiger partial charge in [0.2, 0.25) is 0 Å². The fraction of sp³-hybridized carbons (Fsp3) is 0.556. The molecule has 0 spiro atoms. The second-order valence-electron chi connectivity index (χ2n) is 3.88. The van der Waals surface area contributed by atoms with E-state index in [0.717, 1.165) is 4.80 Å². The molecule has 11 heteroatoms. The van der Waals surface area contributed by atoms with Gasteiger partial charge in [0.25, 0.3) is 5.95 Å². The first-order valence-corrected chi connectivity index (χ1v) is 5.64. The Labute approximate surface area is 113 Å². The van der Waals surface area contributed by atoms with Gasteiger partial charge in [0.1, 0.15) is 6.04 Å². The molecule has 0 fully saturated rings. The first-order valence-electron chi connectivity index (χ1n) is 5.64. The van der Waals surface area contributed by atoms with Gasteiger partial charge in [-0.25, -0.2) is 9.59 Å². The summed E-state index contributed by atoms with van der Waals surface area (Å²) in [5, 5.41) is 32.5. The number of carboxylic acid groups (broad SMARTS) is 2. The zero-order valence-corrected chi connectivity index (χ0v) is 10.6. The fourth-order valence-electron chi connectivity index (χ4n) is 1.34. The summed E-state index contributed by atoms with van der Waals surface area (Å²) in [7, 11) is 1.50. The molecule has 0 aromatic carbocycles. The zero-order valence-electron chi connectivity index (χ0n) is 10.6. The molecule has 2 amide bonds. The lowest BCUT2D eigenvalue weighted by molar-refractivity contribution is -0.140. The van der Waals surface area contributed by atoms with Gasteiger partial charge in [-0.15, -0.1) is 5.10 Å². The maximum Gasteiger partial charge on any atom is 0.326 e. The number of anilines is 1. The van der Waals surface area contributed by atoms with E-state index in [-0.39, 0.29) is 25.2 Å². The van der Waals surface area contributed by atoms with Crippen molar-refractivity contribution in [2.24, 2.45) is 7.05 Å². The molecule has 1 heterocycles. The van der Waals surface area contributed by atoms with Crippen LogP contribution >= 0.6 is 0 Å². The number of aromatic nitrogens is 4. The van der Waals surface area contributed by atoms with E-state index in [0.29, 0.717) is 0 Å². The monoisotopic (exact) mass is 286 g/mol. The largest absolute Gasteiger partial charge is 0.481 e. The summed E-state index contributed by atoms with van der Waals surface area (Å²) in [4.78, 5) is 33.9. The van der Waals surface area contributed by atoms with Crippen LogP contribution in [0.3, 0.4) is 0 Å². The molecule has 0 saturated heterocycles. The minimum atomic E-state index is -1.25. The average Bonchev–Trinajstić information content (AvgIpc) is 2.72. The number of nitrogens with one attached hydrogen (secondary N) is 2. The second kappa shape index (κ2) is 7.01. The molecule has 1 aromatic heterocycles. The predicted molar refractivity (Wildman–Crippen MR) is 63.9 cm³/mol. The number of tetrazole rings is 1. The lowest BCUT2D eigenvalue weighted by Gasteiger charge is -2.13. The van der Waals surface area contributed by atoms with E-state index in [4.69, 9.17) is 10.2 Å². The predicted octanol–water partition coefficient (Wildman–Crippen LogP) is -0.960. The highest BCUT2D eigenvalue weighted by Crippen LogP contribution is 2.02. The van der Waals surface area contributed by atoms with Crippen LogP contribution in [0.1, 0.15) is 19.3 Å². The minimum Gasteiger partial charge on any atom is -0.481 e. The third kappa shape index (κ3) is 5.29. The maximum absolute atomic E-state index is 11.5. The van der Waals surface area contributed by atoms with Gasteiger partial charge < -0.3 is 15.5 Å². The van der Waals surface area contributed by atoms with E-state index in [2.05, 4.69) is 26.0 Å². The molecule has 11 nitrogen and oxygen atoms in total. The highest BCUT2D eigenvalue weighted by Gasteiger charge is 2.20. The second-order valence-corrected chi connectivity index (χ2v) is 3.88. The van der Waals surface area contributed by atoms with E-state index in [1.165, 1.54) is 7.05 Å². The Kier molecular flexibility index (Phi) is 5.38. The van der Waals surface area contributed by atoms with E-state index < -0.39 is 24.0 Å². The molecule has 4 N–H and O–H groups in total. The third-order valence-electron chi connectivity index (χ3n) is 2.22. The van der Waals surface area contributed by atoms with Gasteiger partial charge >= 0.3 is 18.0 Å². The number of nitrogens with zero attached hydrogens (tertiary/aromatic N) is 4. The molecule has 0 aliphatic carbocycles. The van der Waals surface area contributed by atoms with Crippen molar-refractivity contribution in [2.75, 3.05) is 5.32 Å². The Morgan fingerprint density at radius 3 is 2.55 bits per heavy atom. The summed E-state index contributed by atoms with van der Waals surface area (Å²) in [6, 6.07) is -1.99. The summed E-state index contributed by atoms with van der Waals surface area (Å²) < 4.78 is 0. The number of aliphatic carboxylic acids is 2. The highest BCUT2D eigenvalue weighted by atomic mass is 16.4. The number of rotatable bonds is 7. The Balaban J connectivity index is 2.46. The number of carboxylic acids is 2. The van der Waals surface area contributed by atoms with Crippen LogP contribution in [0.4, 0.5) is 10.7 Å². The minimum absolute atomic E-state index is 0.00293. The molecule has 20 heavy (non-hydrogen) atoms. The van der Waals surface area contributed by atoms with Crippen LogP contribution in [0.2, 0.25) is 0 Å². The molecule has 110 valence electrons. The van der Waals surface area contributed by atoms with Crippen LogP contribution in [0, 0.1) is 0 Å². The normalized spacial score (nSPS) is 11.7. The Morgan fingerprint density at radius 2 is 2.05 bits per heavy atom. The molecule has 1 aromatic rings. The van der Waals surface area contributed by atoms with Gasteiger partial charge in [-0.05, 0) is 18.1 Å². The van der Waals surface area contributed by atoms with E-state index in [1.54, 1.807) is 0 Å². The van der Waals surface area contributed by atoms with Crippen molar-refractivity contribution < 1.29 is 24.6 Å². The molecule has 0 radical (unpaired) electrons. The summed E-state index contributed by atoms with van der Waals surface area (Å²) in [6.07, 6.45) is -0.0300. The Hall–Kier alpha value is -2.72. The first kappa shape index (κ1) is 15.3. The number of hydrogen-bond acceptors (Lipinski definition) is 6. The number of urea groups is 1. The van der Waals surface area contributed by atoms with Crippen molar-refractivity contribution in [1.29, 1.82) is 0 Å². The number of carbonyl (C=O) groups excluding carboxylic acids is 1. The topological polar surface area (TPSA) is 159 Å². The van der Waals surface area contributed by atoms with Gasteiger partial charge in [-0.2, -0.15) is 4.80 Å². The smallest absolute Gasteiger partial charge is 0.326 e. The van der Waals surface area contributed by atoms with Crippen LogP contribution in [-0.2, 0) is 16.6 Å². The standard InChI is InChI=1S/C9H14N6O5/c1-15-13-8(12-14-15)11-9(20)10-5(7(18)19)3-2-4-6(16)17/h5H,2-4H2,1H3,(H,16,17)(H,18,19)(H2,10,11,13,20)/t5-/m1/s1. The van der Waals surface area contributed by atoms with Gasteiger partial charge in [0, 0.05) is 6.42 Å². The molecule has 1 atom stereocenters. The van der Waals surface area contributed by atoms with Crippen molar-refractivity contribution in [2.45, 2.75) is 25.3 Å². The van der Waals surface area contributed by atoms with Crippen LogP contribution in [0.5, 0.6) is 0 Å². The highest BCUT2D eigenvalue weighted by molar-refractivity contribution is 5.90. The quantitative estimate of drug-likeness (QED) is 0.498. The summed E-state index contributed by atoms with van der Waals surface area (Å²) >= 11 is 0. The summed E-state index contributed by atoms with van der Waals surface area (Å²) in [5.74, 6) is -2.35. The van der Waals surface area contributed by atoms with Crippen LogP contribution in [-0.4, -0.2) is 54.4 Å². The first-order chi connectivity index (χ1) is 9.38. The van der Waals surface area contributed by atoms with E-state index in [9.17, 15) is 14.4 Å². The summed E-state index contributed by atoms with van der Waals surface area (Å²) in [5.41, 5.74) is 0. The number of amides is 2. The molecular weight excluding hydrogens is 272 g/mol. The lowest BCUT2D eigenvalue weighted by Crippen LogP contribution is -2.43. The summed E-state index contributed by atoms with van der Waals surface area (Å²) in [6.45, 7) is 0. The van der Waals surface area contributed by atoms with E-state index in [1.807, 2.05) is 0 Å². The zero-order chi connectivity index (χ0) is 15.1. The van der Waals surface area contributed by atoms with Crippen LogP contribution in [0.25, 0.3) is 0 Å². The molecule has 0 saturated carbocycles. The molecule has 0 aliphatic rings. The fourth-order valence-corrected chi connectivity index (χ4v) is 1.34. The molecule has 0 aliphatic heterocycles. The number of carbonyl (C=O) groups is 3. The van der Waals surface area contributed by atoms with Crippen LogP contribution in [0.15, 0.2) is 0 Å².